The highest BCUT2D eigenvalue weighted by Crippen LogP contribution is 2.45. The Kier molecular flexibility index (Phi) is 5.79. The minimum absolute atomic E-state index is 0.164. The summed E-state index contributed by atoms with van der Waals surface area (Å²) in [6.07, 6.45) is -3.94. The SMILES string of the molecule is NC1=NC2[C@H](CN3C(=O)CCCC3=O)N=C(N)N3CC(NC(=O)c4cccc(C(F)(F)F)c4)C(O)(O)C23N1. The third-order valence-corrected chi connectivity index (χ3v) is 7.31. The summed E-state index contributed by atoms with van der Waals surface area (Å²) in [6.45, 7) is -0.567. The maximum atomic E-state index is 13.1. The van der Waals surface area contributed by atoms with E-state index in [0.717, 1.165) is 23.1 Å². The van der Waals surface area contributed by atoms with Crippen LogP contribution in [0.25, 0.3) is 0 Å². The van der Waals surface area contributed by atoms with Gasteiger partial charge in [-0.2, -0.15) is 13.2 Å². The number of halogens is 3. The van der Waals surface area contributed by atoms with Gasteiger partial charge in [0.05, 0.1) is 18.2 Å². The number of carbonyl (C=O) groups is 3. The Morgan fingerprint density at radius 1 is 1.18 bits per heavy atom. The number of nitrogens with two attached hydrogens (primary N) is 2. The van der Waals surface area contributed by atoms with Crippen molar-refractivity contribution in [3.63, 3.8) is 0 Å². The lowest BCUT2D eigenvalue weighted by Crippen LogP contribution is -2.78. The van der Waals surface area contributed by atoms with Gasteiger partial charge >= 0.3 is 6.18 Å². The Labute approximate surface area is 213 Å². The quantitative estimate of drug-likeness (QED) is 0.186. The number of nitrogens with one attached hydrogen (secondary N) is 2. The maximum absolute atomic E-state index is 13.1. The molecule has 8 N–H and O–H groups in total. The molecule has 4 aliphatic rings. The van der Waals surface area contributed by atoms with Crippen molar-refractivity contribution in [2.24, 2.45) is 21.5 Å². The van der Waals surface area contributed by atoms with Crippen molar-refractivity contribution in [1.82, 2.24) is 20.4 Å². The Hall–Kier alpha value is -3.92. The molecule has 5 rings (SSSR count). The van der Waals surface area contributed by atoms with Gasteiger partial charge in [-0.05, 0) is 24.6 Å². The minimum atomic E-state index is -4.69. The lowest BCUT2D eigenvalue weighted by Gasteiger charge is -2.49. The van der Waals surface area contributed by atoms with Crippen molar-refractivity contribution in [3.05, 3.63) is 35.4 Å². The molecule has 4 aliphatic heterocycles. The molecule has 2 saturated heterocycles. The molecule has 0 radical (unpaired) electrons. The van der Waals surface area contributed by atoms with Crippen LogP contribution >= 0.6 is 0 Å². The maximum Gasteiger partial charge on any atom is 0.416 e. The number of aliphatic hydroxyl groups is 2. The van der Waals surface area contributed by atoms with Gasteiger partial charge in [0.15, 0.2) is 17.6 Å². The molecule has 38 heavy (non-hydrogen) atoms. The zero-order valence-electron chi connectivity index (χ0n) is 19.8. The fourth-order valence-corrected chi connectivity index (χ4v) is 5.50. The first kappa shape index (κ1) is 25.7. The molecule has 0 saturated carbocycles. The summed E-state index contributed by atoms with van der Waals surface area (Å²) in [7, 11) is 0. The zero-order valence-corrected chi connectivity index (χ0v) is 19.8. The minimum Gasteiger partial charge on any atom is -0.370 e. The lowest BCUT2D eigenvalue weighted by molar-refractivity contribution is -0.230. The summed E-state index contributed by atoms with van der Waals surface area (Å²) in [4.78, 5) is 48.5. The largest absolute Gasteiger partial charge is 0.416 e. The summed E-state index contributed by atoms with van der Waals surface area (Å²) >= 11 is 0. The number of carbonyl (C=O) groups excluding carboxylic acids is 3. The number of amides is 3. The van der Waals surface area contributed by atoms with E-state index in [-0.39, 0.29) is 43.4 Å². The van der Waals surface area contributed by atoms with Crippen LogP contribution in [0.1, 0.15) is 35.2 Å². The highest BCUT2D eigenvalue weighted by Gasteiger charge is 2.73. The van der Waals surface area contributed by atoms with Crippen molar-refractivity contribution >= 4 is 29.6 Å². The van der Waals surface area contributed by atoms with E-state index in [1.807, 2.05) is 0 Å². The smallest absolute Gasteiger partial charge is 0.370 e. The number of hydrogen-bond donors (Lipinski definition) is 6. The van der Waals surface area contributed by atoms with Crippen LogP contribution < -0.4 is 22.1 Å². The number of alkyl halides is 3. The Morgan fingerprint density at radius 2 is 1.87 bits per heavy atom. The molecule has 0 bridgehead atoms. The predicted molar refractivity (Wildman–Crippen MR) is 124 cm³/mol. The summed E-state index contributed by atoms with van der Waals surface area (Å²) in [5, 5.41) is 27.9. The van der Waals surface area contributed by atoms with Gasteiger partial charge < -0.3 is 37.2 Å². The van der Waals surface area contributed by atoms with Crippen molar-refractivity contribution in [2.45, 2.75) is 55.0 Å². The molecule has 1 aromatic rings. The third kappa shape index (κ3) is 3.82. The van der Waals surface area contributed by atoms with E-state index in [2.05, 4.69) is 20.6 Å². The van der Waals surface area contributed by atoms with Crippen LogP contribution in [0, 0.1) is 0 Å². The summed E-state index contributed by atoms with van der Waals surface area (Å²) in [6, 6.07) is -0.0195. The van der Waals surface area contributed by atoms with E-state index in [0.29, 0.717) is 12.5 Å². The molecule has 1 spiro atoms. The fourth-order valence-electron chi connectivity index (χ4n) is 5.50. The molecule has 3 amide bonds. The van der Waals surface area contributed by atoms with Gasteiger partial charge in [-0.25, -0.2) is 9.98 Å². The Bertz CT molecular complexity index is 1250. The molecular formula is C22H25F3N8O5. The van der Waals surface area contributed by atoms with Gasteiger partial charge in [0.2, 0.25) is 17.6 Å². The van der Waals surface area contributed by atoms with E-state index in [9.17, 15) is 37.8 Å². The van der Waals surface area contributed by atoms with Crippen LogP contribution in [-0.2, 0) is 15.8 Å². The molecule has 204 valence electrons. The number of rotatable bonds is 4. The molecule has 0 aliphatic carbocycles. The van der Waals surface area contributed by atoms with E-state index >= 15 is 0 Å². The van der Waals surface area contributed by atoms with E-state index in [1.165, 1.54) is 4.90 Å². The second kappa shape index (κ2) is 8.56. The van der Waals surface area contributed by atoms with Crippen LogP contribution in [-0.4, -0.2) is 92.3 Å². The Morgan fingerprint density at radius 3 is 2.53 bits per heavy atom. The van der Waals surface area contributed by atoms with E-state index in [1.54, 1.807) is 0 Å². The van der Waals surface area contributed by atoms with E-state index < -0.39 is 59.0 Å². The van der Waals surface area contributed by atoms with Gasteiger partial charge in [0, 0.05) is 24.9 Å². The molecule has 13 nitrogen and oxygen atoms in total. The molecule has 3 unspecified atom stereocenters. The highest BCUT2D eigenvalue weighted by molar-refractivity contribution is 5.98. The van der Waals surface area contributed by atoms with Gasteiger partial charge in [-0.3, -0.25) is 19.3 Å². The lowest BCUT2D eigenvalue weighted by atomic mass is 9.84. The van der Waals surface area contributed by atoms with Crippen LogP contribution in [0.2, 0.25) is 0 Å². The number of piperidine rings is 1. The second-order valence-corrected chi connectivity index (χ2v) is 9.60. The number of aliphatic imine (C=N–C) groups is 2. The van der Waals surface area contributed by atoms with E-state index in [4.69, 9.17) is 11.5 Å². The fraction of sp³-hybridized carbons (Fsp3) is 0.500. The highest BCUT2D eigenvalue weighted by atomic mass is 19.4. The second-order valence-electron chi connectivity index (χ2n) is 9.60. The normalized spacial score (nSPS) is 30.3. The first-order valence-corrected chi connectivity index (χ1v) is 11.7. The van der Waals surface area contributed by atoms with Gasteiger partial charge in [0.25, 0.3) is 5.91 Å². The van der Waals surface area contributed by atoms with Gasteiger partial charge in [-0.1, -0.05) is 6.07 Å². The van der Waals surface area contributed by atoms with Crippen molar-refractivity contribution < 1.29 is 37.8 Å². The topological polar surface area (TPSA) is 199 Å². The first-order valence-electron chi connectivity index (χ1n) is 11.7. The number of nitrogens with zero attached hydrogens (tertiary/aromatic N) is 4. The van der Waals surface area contributed by atoms with Crippen LogP contribution in [0.15, 0.2) is 34.3 Å². The average Bonchev–Trinajstić information content (AvgIpc) is 3.30. The van der Waals surface area contributed by atoms with Crippen molar-refractivity contribution in [2.75, 3.05) is 13.1 Å². The molecule has 2 fully saturated rings. The molecular weight excluding hydrogens is 513 g/mol. The monoisotopic (exact) mass is 538 g/mol. The van der Waals surface area contributed by atoms with Gasteiger partial charge in [0.1, 0.15) is 12.1 Å². The van der Waals surface area contributed by atoms with Crippen molar-refractivity contribution in [1.29, 1.82) is 0 Å². The number of imide groups is 1. The summed E-state index contributed by atoms with van der Waals surface area (Å²) in [5.74, 6) is -5.07. The van der Waals surface area contributed by atoms with Crippen LogP contribution in [0.4, 0.5) is 13.2 Å². The molecule has 0 aromatic heterocycles. The summed E-state index contributed by atoms with van der Waals surface area (Å²) < 4.78 is 39.3. The number of benzene rings is 1. The van der Waals surface area contributed by atoms with Crippen LogP contribution in [0.5, 0.6) is 0 Å². The molecule has 4 heterocycles. The number of hydrogen-bond acceptors (Lipinski definition) is 11. The molecule has 16 heteroatoms. The zero-order chi connectivity index (χ0) is 27.6. The predicted octanol–water partition coefficient (Wildman–Crippen LogP) is -1.98. The van der Waals surface area contributed by atoms with Crippen molar-refractivity contribution in [3.8, 4) is 0 Å². The first-order chi connectivity index (χ1) is 17.8. The van der Waals surface area contributed by atoms with Gasteiger partial charge in [-0.15, -0.1) is 0 Å². The average molecular weight is 538 g/mol. The third-order valence-electron chi connectivity index (χ3n) is 7.31. The molecule has 4 atom stereocenters. The standard InChI is InChI=1S/C22H25F3N8O5/c23-22(24,25)11-4-1-3-10(7-11)17(36)29-13-9-33-19(27)28-12(8-32-14(34)5-2-6-15(32)35)16-20(33,21(13,37)38)31-18(26)30-16/h1,3-4,7,12-13,16,37-38H,2,5-6,8-9H2,(H2,27,28)(H,29,36)(H3,26,30,31)/t12-,13?,16?,20?/m0/s1. The number of guanidine groups is 2. The molecule has 1 aromatic carbocycles. The van der Waals surface area contributed by atoms with Crippen LogP contribution in [0.3, 0.4) is 0 Å². The summed E-state index contributed by atoms with van der Waals surface area (Å²) in [5.41, 5.74) is 8.72. The Balaban J connectivity index is 1.44. The number of likely N-dealkylation sites (tertiary alicyclic amines) is 1.